The third-order valence-electron chi connectivity index (χ3n) is 2.55. The molecule has 0 aromatic carbocycles. The van der Waals surface area contributed by atoms with Crippen molar-refractivity contribution < 1.29 is 4.52 Å². The number of rotatable bonds is 1. The van der Waals surface area contributed by atoms with Gasteiger partial charge in [0.05, 0.1) is 0 Å². The lowest BCUT2D eigenvalue weighted by molar-refractivity contribution is 0.310. The zero-order chi connectivity index (χ0) is 9.47. The van der Waals surface area contributed by atoms with Gasteiger partial charge in [-0.25, -0.2) is 0 Å². The van der Waals surface area contributed by atoms with E-state index in [9.17, 15) is 0 Å². The molecule has 0 atom stereocenters. The van der Waals surface area contributed by atoms with E-state index in [2.05, 4.69) is 30.9 Å². The summed E-state index contributed by atoms with van der Waals surface area (Å²) in [6, 6.07) is 0. The van der Waals surface area contributed by atoms with Crippen molar-refractivity contribution in [3.8, 4) is 0 Å². The molecule has 0 aliphatic heterocycles. The molecule has 1 saturated carbocycles. The van der Waals surface area contributed by atoms with Gasteiger partial charge in [-0.15, -0.1) is 0 Å². The Bertz CT molecular complexity index is 294. The summed E-state index contributed by atoms with van der Waals surface area (Å²) in [7, 11) is 0. The number of hydrogen-bond acceptors (Lipinski definition) is 3. The third kappa shape index (κ3) is 1.60. The highest BCUT2D eigenvalue weighted by molar-refractivity contribution is 5.04. The van der Waals surface area contributed by atoms with E-state index < -0.39 is 0 Å². The minimum Gasteiger partial charge on any atom is -0.339 e. The highest BCUT2D eigenvalue weighted by atomic mass is 16.5. The van der Waals surface area contributed by atoms with Gasteiger partial charge in [0.2, 0.25) is 5.89 Å². The molecule has 13 heavy (non-hydrogen) atoms. The van der Waals surface area contributed by atoms with Crippen molar-refractivity contribution in [3.05, 3.63) is 11.7 Å². The molecule has 0 unspecified atom stereocenters. The standard InChI is InChI=1S/C10H16N2O/c1-10(2,3)9-11-8(12-13-9)7-5-4-6-7/h7H,4-6H2,1-3H3. The summed E-state index contributed by atoms with van der Waals surface area (Å²) in [5, 5.41) is 4.02. The van der Waals surface area contributed by atoms with Crippen molar-refractivity contribution in [3.63, 3.8) is 0 Å². The zero-order valence-corrected chi connectivity index (χ0v) is 8.50. The maximum atomic E-state index is 5.22. The van der Waals surface area contributed by atoms with Crippen molar-refractivity contribution in [1.82, 2.24) is 10.1 Å². The largest absolute Gasteiger partial charge is 0.339 e. The van der Waals surface area contributed by atoms with E-state index in [0.29, 0.717) is 5.92 Å². The van der Waals surface area contributed by atoms with Gasteiger partial charge >= 0.3 is 0 Å². The first-order valence-electron chi connectivity index (χ1n) is 4.91. The van der Waals surface area contributed by atoms with Crippen LogP contribution in [0.25, 0.3) is 0 Å². The Kier molecular flexibility index (Phi) is 1.90. The van der Waals surface area contributed by atoms with E-state index in [4.69, 9.17) is 4.52 Å². The van der Waals surface area contributed by atoms with Crippen molar-refractivity contribution >= 4 is 0 Å². The Morgan fingerprint density at radius 2 is 2.00 bits per heavy atom. The van der Waals surface area contributed by atoms with Crippen LogP contribution in [0, 0.1) is 0 Å². The van der Waals surface area contributed by atoms with Crippen LogP contribution in [0.2, 0.25) is 0 Å². The predicted octanol–water partition coefficient (Wildman–Crippen LogP) is 2.63. The van der Waals surface area contributed by atoms with Crippen LogP contribution in [-0.2, 0) is 5.41 Å². The number of hydrogen-bond donors (Lipinski definition) is 0. The van der Waals surface area contributed by atoms with E-state index in [1.165, 1.54) is 19.3 Å². The van der Waals surface area contributed by atoms with Gasteiger partial charge in [0.15, 0.2) is 5.82 Å². The maximum Gasteiger partial charge on any atom is 0.232 e. The summed E-state index contributed by atoms with van der Waals surface area (Å²) in [5.74, 6) is 2.24. The zero-order valence-electron chi connectivity index (χ0n) is 8.50. The quantitative estimate of drug-likeness (QED) is 0.666. The summed E-state index contributed by atoms with van der Waals surface area (Å²) in [5.41, 5.74) is -0.0189. The highest BCUT2D eigenvalue weighted by Gasteiger charge is 2.28. The van der Waals surface area contributed by atoms with Gasteiger partial charge in [0.25, 0.3) is 0 Å². The third-order valence-corrected chi connectivity index (χ3v) is 2.55. The molecule has 0 bridgehead atoms. The number of nitrogens with zero attached hydrogens (tertiary/aromatic N) is 2. The Morgan fingerprint density at radius 3 is 2.38 bits per heavy atom. The van der Waals surface area contributed by atoms with Gasteiger partial charge in [0.1, 0.15) is 0 Å². The van der Waals surface area contributed by atoms with E-state index >= 15 is 0 Å². The predicted molar refractivity (Wildman–Crippen MR) is 49.6 cm³/mol. The summed E-state index contributed by atoms with van der Waals surface area (Å²) >= 11 is 0. The lowest BCUT2D eigenvalue weighted by atomic mass is 9.85. The summed E-state index contributed by atoms with van der Waals surface area (Å²) in [6.07, 6.45) is 3.76. The van der Waals surface area contributed by atoms with E-state index in [-0.39, 0.29) is 5.41 Å². The average Bonchev–Trinajstić information content (AvgIpc) is 2.29. The molecule has 1 aromatic rings. The monoisotopic (exact) mass is 180 g/mol. The van der Waals surface area contributed by atoms with Crippen LogP contribution < -0.4 is 0 Å². The molecular weight excluding hydrogens is 164 g/mol. The molecule has 1 heterocycles. The summed E-state index contributed by atoms with van der Waals surface area (Å²) in [4.78, 5) is 4.43. The van der Waals surface area contributed by atoms with E-state index in [1.807, 2.05) is 0 Å². The van der Waals surface area contributed by atoms with Crippen LogP contribution in [-0.4, -0.2) is 10.1 Å². The van der Waals surface area contributed by atoms with Crippen LogP contribution in [0.4, 0.5) is 0 Å². The van der Waals surface area contributed by atoms with E-state index in [1.54, 1.807) is 0 Å². The minimum atomic E-state index is -0.0189. The molecule has 2 rings (SSSR count). The molecule has 3 heteroatoms. The topological polar surface area (TPSA) is 38.9 Å². The Morgan fingerprint density at radius 1 is 1.31 bits per heavy atom. The van der Waals surface area contributed by atoms with Crippen molar-refractivity contribution in [2.75, 3.05) is 0 Å². The molecule has 1 fully saturated rings. The van der Waals surface area contributed by atoms with Gasteiger partial charge in [-0.1, -0.05) is 32.3 Å². The first kappa shape index (κ1) is 8.73. The van der Waals surface area contributed by atoms with Gasteiger partial charge in [-0.3, -0.25) is 0 Å². The Balaban J connectivity index is 2.17. The Labute approximate surface area is 78.5 Å². The van der Waals surface area contributed by atoms with Crippen LogP contribution in [0.5, 0.6) is 0 Å². The smallest absolute Gasteiger partial charge is 0.232 e. The fourth-order valence-electron chi connectivity index (χ4n) is 1.37. The first-order valence-corrected chi connectivity index (χ1v) is 4.91. The SMILES string of the molecule is CC(C)(C)c1nc(C2CCC2)no1. The molecule has 0 amide bonds. The molecular formula is C10H16N2O. The minimum absolute atomic E-state index is 0.0189. The first-order chi connectivity index (χ1) is 6.07. The summed E-state index contributed by atoms with van der Waals surface area (Å²) in [6.45, 7) is 6.27. The van der Waals surface area contributed by atoms with Crippen LogP contribution >= 0.6 is 0 Å². The molecule has 72 valence electrons. The number of aromatic nitrogens is 2. The van der Waals surface area contributed by atoms with Gasteiger partial charge in [-0.2, -0.15) is 4.98 Å². The molecule has 3 nitrogen and oxygen atoms in total. The van der Waals surface area contributed by atoms with E-state index in [0.717, 1.165) is 11.7 Å². The average molecular weight is 180 g/mol. The van der Waals surface area contributed by atoms with Crippen molar-refractivity contribution in [2.45, 2.75) is 51.4 Å². The summed E-state index contributed by atoms with van der Waals surface area (Å²) < 4.78 is 5.22. The molecule has 0 saturated heterocycles. The van der Waals surface area contributed by atoms with Gasteiger partial charge < -0.3 is 4.52 Å². The second kappa shape index (κ2) is 2.82. The highest BCUT2D eigenvalue weighted by Crippen LogP contribution is 2.35. The molecule has 0 spiro atoms. The Hall–Kier alpha value is -0.860. The molecule has 1 aromatic heterocycles. The van der Waals surface area contributed by atoms with Crippen LogP contribution in [0.3, 0.4) is 0 Å². The van der Waals surface area contributed by atoms with Gasteiger partial charge in [-0.05, 0) is 12.8 Å². The molecule has 1 aliphatic carbocycles. The lowest BCUT2D eigenvalue weighted by Gasteiger charge is -2.21. The van der Waals surface area contributed by atoms with Crippen LogP contribution in [0.15, 0.2) is 4.52 Å². The lowest BCUT2D eigenvalue weighted by Crippen LogP contribution is -2.13. The second-order valence-electron chi connectivity index (χ2n) is 4.84. The van der Waals surface area contributed by atoms with Crippen molar-refractivity contribution in [1.29, 1.82) is 0 Å². The molecule has 0 radical (unpaired) electrons. The molecule has 0 N–H and O–H groups in total. The van der Waals surface area contributed by atoms with Crippen molar-refractivity contribution in [2.24, 2.45) is 0 Å². The van der Waals surface area contributed by atoms with Crippen LogP contribution in [0.1, 0.15) is 57.7 Å². The van der Waals surface area contributed by atoms with Gasteiger partial charge in [0, 0.05) is 11.3 Å². The second-order valence-corrected chi connectivity index (χ2v) is 4.84. The maximum absolute atomic E-state index is 5.22. The fraction of sp³-hybridized carbons (Fsp3) is 0.800. The molecule has 1 aliphatic rings. The fourth-order valence-corrected chi connectivity index (χ4v) is 1.37. The normalized spacial score (nSPS) is 18.7.